The minimum absolute atomic E-state index is 0.0551. The first-order chi connectivity index (χ1) is 21.7. The number of aromatic nitrogens is 3. The van der Waals surface area contributed by atoms with Crippen molar-refractivity contribution < 1.29 is 19.4 Å². The third-order valence-electron chi connectivity index (χ3n) is 9.46. The highest BCUT2D eigenvalue weighted by molar-refractivity contribution is 6.12. The van der Waals surface area contributed by atoms with Crippen molar-refractivity contribution in [2.45, 2.75) is 44.2 Å². The lowest BCUT2D eigenvalue weighted by Gasteiger charge is -2.49. The molecule has 2 N–H and O–H groups in total. The minimum atomic E-state index is -1.42. The van der Waals surface area contributed by atoms with Crippen molar-refractivity contribution in [1.82, 2.24) is 18.9 Å². The summed E-state index contributed by atoms with van der Waals surface area (Å²) >= 11 is 0. The number of nitrogens with one attached hydrogen (secondary N) is 1. The van der Waals surface area contributed by atoms with E-state index in [0.29, 0.717) is 23.4 Å². The third kappa shape index (κ3) is 4.03. The van der Waals surface area contributed by atoms with Gasteiger partial charge in [0.25, 0.3) is 11.8 Å². The lowest BCUT2D eigenvalue weighted by Crippen LogP contribution is -2.53. The summed E-state index contributed by atoms with van der Waals surface area (Å²) in [6, 6.07) is 20.9. The van der Waals surface area contributed by atoms with Gasteiger partial charge in [-0.25, -0.2) is 23.5 Å². The number of amides is 2. The fraction of sp³-hybridized carbons (Fsp3) is 0.294. The van der Waals surface area contributed by atoms with Crippen molar-refractivity contribution in [2.75, 3.05) is 12.0 Å². The Kier molecular flexibility index (Phi) is 6.57. The topological polar surface area (TPSA) is 128 Å². The first kappa shape index (κ1) is 28.5. The smallest absolute Gasteiger partial charge is 0.347 e. The second kappa shape index (κ2) is 10.4. The van der Waals surface area contributed by atoms with Gasteiger partial charge in [0.15, 0.2) is 11.5 Å². The van der Waals surface area contributed by atoms with Crippen molar-refractivity contribution in [3.63, 3.8) is 0 Å². The highest BCUT2D eigenvalue weighted by atomic mass is 16.5. The molecule has 11 heteroatoms. The molecule has 7 rings (SSSR count). The minimum Gasteiger partial charge on any atom is -0.504 e. The number of anilines is 1. The number of carbonyl (C=O) groups is 2. The second-order valence-electron chi connectivity index (χ2n) is 11.8. The van der Waals surface area contributed by atoms with Crippen LogP contribution in [0.2, 0.25) is 0 Å². The van der Waals surface area contributed by atoms with E-state index in [1.165, 1.54) is 22.5 Å². The van der Waals surface area contributed by atoms with Crippen LogP contribution in [0.3, 0.4) is 0 Å². The lowest BCUT2D eigenvalue weighted by atomic mass is 9.53. The number of hydrogen-bond acceptors (Lipinski definition) is 7. The lowest BCUT2D eigenvalue weighted by molar-refractivity contribution is -0.138. The number of allylic oxidation sites excluding steroid dienone is 2. The summed E-state index contributed by atoms with van der Waals surface area (Å²) in [5.74, 6) is -2.32. The molecule has 2 amide bonds. The Balaban J connectivity index is 1.50. The molecule has 4 aromatic rings. The number of aromatic hydroxyl groups is 1. The molecule has 1 aliphatic carbocycles. The Morgan fingerprint density at radius 1 is 0.978 bits per heavy atom. The summed E-state index contributed by atoms with van der Waals surface area (Å²) in [6.45, 7) is 4.18. The first-order valence-corrected chi connectivity index (χ1v) is 15.0. The van der Waals surface area contributed by atoms with E-state index in [-0.39, 0.29) is 24.5 Å². The van der Waals surface area contributed by atoms with Crippen LogP contribution in [0.25, 0.3) is 0 Å². The molecule has 3 heterocycles. The van der Waals surface area contributed by atoms with Gasteiger partial charge in [-0.3, -0.25) is 15.0 Å². The maximum atomic E-state index is 15.1. The van der Waals surface area contributed by atoms with E-state index in [0.717, 1.165) is 20.7 Å². The number of imide groups is 1. The van der Waals surface area contributed by atoms with E-state index in [1.807, 2.05) is 74.5 Å². The van der Waals surface area contributed by atoms with E-state index in [4.69, 9.17) is 4.74 Å². The van der Waals surface area contributed by atoms with Crippen LogP contribution in [-0.2, 0) is 28.6 Å². The Morgan fingerprint density at radius 3 is 2.42 bits per heavy atom. The molecule has 4 atom stereocenters. The number of phenolic OH excluding ortho intramolecular Hbond substituents is 1. The van der Waals surface area contributed by atoms with Crippen molar-refractivity contribution in [2.24, 2.45) is 13.0 Å². The summed E-state index contributed by atoms with van der Waals surface area (Å²) in [7, 11) is 1.43. The quantitative estimate of drug-likeness (QED) is 0.254. The number of aryl methyl sites for hydroxylation is 1. The third-order valence-corrected chi connectivity index (χ3v) is 9.46. The zero-order chi connectivity index (χ0) is 31.6. The molecule has 0 spiro atoms. The van der Waals surface area contributed by atoms with Gasteiger partial charge < -0.3 is 9.84 Å². The number of nitrogens with zero attached hydrogens (tertiary/aromatic N) is 4. The van der Waals surface area contributed by atoms with Gasteiger partial charge in [0.2, 0.25) is 0 Å². The molecule has 230 valence electrons. The Labute approximate surface area is 258 Å². The molecule has 2 aliphatic heterocycles. The van der Waals surface area contributed by atoms with Gasteiger partial charge in [0.1, 0.15) is 0 Å². The van der Waals surface area contributed by atoms with Crippen LogP contribution in [0.5, 0.6) is 11.5 Å². The zero-order valence-corrected chi connectivity index (χ0v) is 25.1. The van der Waals surface area contributed by atoms with E-state index in [2.05, 4.69) is 5.43 Å². The maximum Gasteiger partial charge on any atom is 0.347 e. The number of ether oxygens (including phenoxy) is 1. The molecule has 4 unspecified atom stereocenters. The zero-order valence-electron chi connectivity index (χ0n) is 25.1. The molecule has 1 saturated carbocycles. The number of phenols is 1. The first-order valence-electron chi connectivity index (χ1n) is 15.0. The van der Waals surface area contributed by atoms with E-state index in [1.54, 1.807) is 12.1 Å². The molecule has 3 aromatic carbocycles. The number of benzene rings is 3. The fourth-order valence-electron chi connectivity index (χ4n) is 7.47. The van der Waals surface area contributed by atoms with Crippen LogP contribution < -0.4 is 21.5 Å². The van der Waals surface area contributed by atoms with Crippen LogP contribution in [0.4, 0.5) is 5.69 Å². The van der Waals surface area contributed by atoms with Crippen molar-refractivity contribution >= 4 is 17.5 Å². The normalized spacial score (nSPS) is 23.7. The van der Waals surface area contributed by atoms with Gasteiger partial charge >= 0.3 is 11.4 Å². The number of carbonyl (C=O) groups excluding carboxylic acids is 2. The Bertz CT molecular complexity index is 1990. The highest BCUT2D eigenvalue weighted by Crippen LogP contribution is 2.62. The van der Waals surface area contributed by atoms with E-state index in [9.17, 15) is 19.5 Å². The molecule has 2 fully saturated rings. The average Bonchev–Trinajstić information content (AvgIpc) is 3.40. The van der Waals surface area contributed by atoms with Crippen LogP contribution in [0.1, 0.15) is 42.0 Å². The molecule has 1 saturated heterocycles. The van der Waals surface area contributed by atoms with Gasteiger partial charge in [-0.05, 0) is 61.2 Å². The molecule has 0 radical (unpaired) electrons. The standard InChI is InChI=1S/C34H33N5O6/c1-4-45-28-18-21(12-15-27(28)40)29-24-16-17-37-32(43)36(3)33(44)39(37)26(24)19-25-30(41)38(35-23-13-10-20(2)11-14-23)31(42)34(25,29)22-8-6-5-7-9-22/h5-16,18,25-26,29,35,40H,4,17,19H2,1-3H3. The number of hydrazine groups is 1. The van der Waals surface area contributed by atoms with Crippen molar-refractivity contribution in [1.29, 1.82) is 0 Å². The van der Waals surface area contributed by atoms with Crippen LogP contribution in [0.15, 0.2) is 94.0 Å². The molecule has 45 heavy (non-hydrogen) atoms. The summed E-state index contributed by atoms with van der Waals surface area (Å²) in [5.41, 5.74) is 4.36. The van der Waals surface area contributed by atoms with Crippen molar-refractivity contribution in [3.8, 4) is 11.5 Å². The Hall–Kier alpha value is -5.32. The van der Waals surface area contributed by atoms with Crippen LogP contribution >= 0.6 is 0 Å². The fourth-order valence-corrected chi connectivity index (χ4v) is 7.47. The SMILES string of the molecule is CCOc1cc(C2C3=CCn4c(=O)n(C)c(=O)n4C3CC3C(=O)N(Nc4ccc(C)cc4)C(=O)C32c2ccccc2)ccc1O. The molecular formula is C34H33N5O6. The molecular weight excluding hydrogens is 574 g/mol. The number of rotatable bonds is 6. The summed E-state index contributed by atoms with van der Waals surface area (Å²) in [4.78, 5) is 56.1. The van der Waals surface area contributed by atoms with Crippen molar-refractivity contribution in [3.05, 3.63) is 122 Å². The number of fused-ring (bicyclic) bond motifs is 4. The molecule has 1 aromatic heterocycles. The largest absolute Gasteiger partial charge is 0.504 e. The Morgan fingerprint density at radius 2 is 1.71 bits per heavy atom. The van der Waals surface area contributed by atoms with Gasteiger partial charge in [0, 0.05) is 13.0 Å². The monoisotopic (exact) mass is 607 g/mol. The second-order valence-corrected chi connectivity index (χ2v) is 11.8. The molecule has 0 bridgehead atoms. The predicted octanol–water partition coefficient (Wildman–Crippen LogP) is 3.38. The summed E-state index contributed by atoms with van der Waals surface area (Å²) in [6.07, 6.45) is 2.02. The van der Waals surface area contributed by atoms with Gasteiger partial charge in [0.05, 0.1) is 36.2 Å². The van der Waals surface area contributed by atoms with Gasteiger partial charge in [-0.1, -0.05) is 60.2 Å². The van der Waals surface area contributed by atoms with Crippen LogP contribution in [-0.4, -0.2) is 42.5 Å². The number of hydrogen-bond donors (Lipinski definition) is 2. The summed E-state index contributed by atoms with van der Waals surface area (Å²) in [5, 5.41) is 11.7. The average molecular weight is 608 g/mol. The summed E-state index contributed by atoms with van der Waals surface area (Å²) < 4.78 is 9.63. The van der Waals surface area contributed by atoms with E-state index < -0.39 is 46.5 Å². The highest BCUT2D eigenvalue weighted by Gasteiger charge is 2.68. The predicted molar refractivity (Wildman–Crippen MR) is 166 cm³/mol. The maximum absolute atomic E-state index is 15.1. The van der Waals surface area contributed by atoms with Gasteiger partial charge in [-0.2, -0.15) is 5.01 Å². The molecule has 11 nitrogen and oxygen atoms in total. The van der Waals surface area contributed by atoms with Gasteiger partial charge in [-0.15, -0.1) is 0 Å². The van der Waals surface area contributed by atoms with Crippen LogP contribution in [0, 0.1) is 12.8 Å². The van der Waals surface area contributed by atoms with E-state index >= 15 is 4.79 Å². The molecule has 3 aliphatic rings.